The van der Waals surface area contributed by atoms with Crippen molar-refractivity contribution in [2.75, 3.05) is 31.6 Å². The first kappa shape index (κ1) is 20.6. The number of unbranched alkanes of at least 4 members (excludes halogenated alkanes) is 1. The van der Waals surface area contributed by atoms with Crippen molar-refractivity contribution >= 4 is 22.4 Å². The molecular formula is C23H32N2O3. The molecule has 2 aromatic rings. The number of aliphatic hydroxyl groups excluding tert-OH is 2. The topological polar surface area (TPSA) is 64.0 Å². The SMILES string of the molecule is CCCCC(CC)CN1C(=O)c2ccc(N(C)CCO)c3cccc(c23)C1O. The summed E-state index contributed by atoms with van der Waals surface area (Å²) in [6.07, 6.45) is 3.43. The monoisotopic (exact) mass is 384 g/mol. The van der Waals surface area contributed by atoms with Crippen molar-refractivity contribution in [3.05, 3.63) is 41.5 Å². The predicted molar refractivity (Wildman–Crippen MR) is 114 cm³/mol. The summed E-state index contributed by atoms with van der Waals surface area (Å²) in [5, 5.41) is 22.1. The third-order valence-corrected chi connectivity index (χ3v) is 5.96. The Labute approximate surface area is 167 Å². The van der Waals surface area contributed by atoms with Crippen LogP contribution in [0.25, 0.3) is 10.8 Å². The third kappa shape index (κ3) is 3.74. The molecule has 1 amide bonds. The highest BCUT2D eigenvalue weighted by atomic mass is 16.3. The number of amides is 1. The van der Waals surface area contributed by atoms with E-state index in [2.05, 4.69) is 13.8 Å². The Kier molecular flexibility index (Phi) is 6.57. The standard InChI is InChI=1S/C23H32N2O3/c1-4-6-8-16(5-2)15-25-22(27)18-10-7-9-17-20(24(3)13-14-26)12-11-19(21(17)18)23(25)28/h7,9-12,16,22,26-27H,4-6,8,13-15H2,1-3H3. The second-order valence-electron chi connectivity index (χ2n) is 7.79. The van der Waals surface area contributed by atoms with Crippen molar-refractivity contribution in [3.63, 3.8) is 0 Å². The molecule has 0 aliphatic carbocycles. The number of hydrogen-bond acceptors (Lipinski definition) is 4. The molecule has 152 valence electrons. The number of likely N-dealkylation sites (N-methyl/N-ethyl adjacent to an activating group) is 1. The maximum Gasteiger partial charge on any atom is 0.256 e. The average molecular weight is 385 g/mol. The van der Waals surface area contributed by atoms with Gasteiger partial charge in [-0.25, -0.2) is 0 Å². The van der Waals surface area contributed by atoms with Gasteiger partial charge in [-0.2, -0.15) is 0 Å². The summed E-state index contributed by atoms with van der Waals surface area (Å²) < 4.78 is 0. The lowest BCUT2D eigenvalue weighted by Gasteiger charge is -2.36. The fourth-order valence-corrected chi connectivity index (χ4v) is 4.23. The quantitative estimate of drug-likeness (QED) is 0.688. The molecule has 1 heterocycles. The Bertz CT molecular complexity index is 836. The molecule has 3 rings (SSSR count). The van der Waals surface area contributed by atoms with Crippen molar-refractivity contribution in [2.45, 2.75) is 45.8 Å². The molecule has 2 N–H and O–H groups in total. The summed E-state index contributed by atoms with van der Waals surface area (Å²) >= 11 is 0. The Hall–Kier alpha value is -2.11. The smallest absolute Gasteiger partial charge is 0.256 e. The molecule has 2 unspecified atom stereocenters. The zero-order chi connectivity index (χ0) is 20.3. The summed E-state index contributed by atoms with van der Waals surface area (Å²) in [4.78, 5) is 16.9. The number of carbonyl (C=O) groups is 1. The maximum absolute atomic E-state index is 13.3. The Balaban J connectivity index is 2.01. The van der Waals surface area contributed by atoms with Crippen LogP contribution >= 0.6 is 0 Å². The van der Waals surface area contributed by atoms with E-state index in [1.165, 1.54) is 0 Å². The normalized spacial score (nSPS) is 17.2. The van der Waals surface area contributed by atoms with Crippen LogP contribution in [0.3, 0.4) is 0 Å². The molecule has 0 bridgehead atoms. The van der Waals surface area contributed by atoms with Crippen LogP contribution in [-0.4, -0.2) is 47.8 Å². The molecule has 5 heteroatoms. The van der Waals surface area contributed by atoms with E-state index in [-0.39, 0.29) is 12.5 Å². The van der Waals surface area contributed by atoms with Crippen molar-refractivity contribution in [1.29, 1.82) is 0 Å². The molecule has 2 aromatic carbocycles. The molecule has 0 saturated carbocycles. The number of nitrogens with zero attached hydrogens (tertiary/aromatic N) is 2. The molecule has 0 aromatic heterocycles. The van der Waals surface area contributed by atoms with Crippen LogP contribution in [0, 0.1) is 5.92 Å². The molecule has 28 heavy (non-hydrogen) atoms. The van der Waals surface area contributed by atoms with E-state index in [0.717, 1.165) is 47.7 Å². The van der Waals surface area contributed by atoms with Crippen LogP contribution in [0.4, 0.5) is 5.69 Å². The van der Waals surface area contributed by atoms with Crippen LogP contribution in [0.5, 0.6) is 0 Å². The molecule has 0 radical (unpaired) electrons. The fourth-order valence-electron chi connectivity index (χ4n) is 4.23. The summed E-state index contributed by atoms with van der Waals surface area (Å²) in [7, 11) is 1.92. The van der Waals surface area contributed by atoms with Crippen LogP contribution in [-0.2, 0) is 0 Å². The van der Waals surface area contributed by atoms with Gasteiger partial charge in [0.05, 0.1) is 6.61 Å². The van der Waals surface area contributed by atoms with Gasteiger partial charge in [-0.1, -0.05) is 51.3 Å². The zero-order valence-corrected chi connectivity index (χ0v) is 17.2. The number of rotatable bonds is 9. The molecule has 2 atom stereocenters. The number of hydrogen-bond donors (Lipinski definition) is 2. The highest BCUT2D eigenvalue weighted by Gasteiger charge is 2.34. The molecule has 1 aliphatic heterocycles. The van der Waals surface area contributed by atoms with Crippen molar-refractivity contribution < 1.29 is 15.0 Å². The summed E-state index contributed by atoms with van der Waals surface area (Å²) in [6, 6.07) is 9.64. The lowest BCUT2D eigenvalue weighted by atomic mass is 9.90. The van der Waals surface area contributed by atoms with Gasteiger partial charge in [0.15, 0.2) is 6.23 Å². The molecule has 5 nitrogen and oxygen atoms in total. The fraction of sp³-hybridized carbons (Fsp3) is 0.522. The van der Waals surface area contributed by atoms with Crippen molar-refractivity contribution in [1.82, 2.24) is 4.90 Å². The number of carbonyl (C=O) groups excluding carboxylic acids is 1. The molecular weight excluding hydrogens is 352 g/mol. The maximum atomic E-state index is 13.3. The van der Waals surface area contributed by atoms with E-state index in [1.807, 2.05) is 42.3 Å². The number of anilines is 1. The van der Waals surface area contributed by atoms with E-state index in [4.69, 9.17) is 0 Å². The largest absolute Gasteiger partial charge is 0.395 e. The van der Waals surface area contributed by atoms with Crippen molar-refractivity contribution in [2.24, 2.45) is 5.92 Å². The molecule has 1 aliphatic rings. The summed E-state index contributed by atoms with van der Waals surface area (Å²) in [6.45, 7) is 5.48. The average Bonchev–Trinajstić information content (AvgIpc) is 2.71. The summed E-state index contributed by atoms with van der Waals surface area (Å²) in [5.74, 6) is 0.303. The zero-order valence-electron chi connectivity index (χ0n) is 17.2. The van der Waals surface area contributed by atoms with E-state index in [1.54, 1.807) is 4.90 Å². The summed E-state index contributed by atoms with van der Waals surface area (Å²) in [5.41, 5.74) is 2.40. The predicted octanol–water partition coefficient (Wildman–Crippen LogP) is 3.93. The third-order valence-electron chi connectivity index (χ3n) is 5.96. The number of aliphatic hydroxyl groups is 2. The van der Waals surface area contributed by atoms with Gasteiger partial charge in [0, 0.05) is 47.7 Å². The van der Waals surface area contributed by atoms with E-state index < -0.39 is 6.23 Å². The molecule has 0 fully saturated rings. The molecule has 0 spiro atoms. The van der Waals surface area contributed by atoms with E-state index in [9.17, 15) is 15.0 Å². The van der Waals surface area contributed by atoms with Gasteiger partial charge in [0.2, 0.25) is 0 Å². The van der Waals surface area contributed by atoms with Crippen molar-refractivity contribution in [3.8, 4) is 0 Å². The first-order valence-electron chi connectivity index (χ1n) is 10.4. The van der Waals surface area contributed by atoms with Crippen LogP contribution < -0.4 is 4.90 Å². The Morgan fingerprint density at radius 1 is 1.21 bits per heavy atom. The van der Waals surface area contributed by atoms with Gasteiger partial charge in [0.25, 0.3) is 5.91 Å². The lowest BCUT2D eigenvalue weighted by molar-refractivity contribution is -0.00282. The van der Waals surface area contributed by atoms with Gasteiger partial charge >= 0.3 is 0 Å². The van der Waals surface area contributed by atoms with Gasteiger partial charge < -0.3 is 20.0 Å². The highest BCUT2D eigenvalue weighted by molar-refractivity contribution is 6.13. The van der Waals surface area contributed by atoms with Gasteiger partial charge in [-0.05, 0) is 24.5 Å². The first-order chi connectivity index (χ1) is 13.5. The minimum atomic E-state index is -0.919. The van der Waals surface area contributed by atoms with Gasteiger partial charge in [0.1, 0.15) is 0 Å². The van der Waals surface area contributed by atoms with E-state index in [0.29, 0.717) is 24.6 Å². The molecule has 0 saturated heterocycles. The van der Waals surface area contributed by atoms with E-state index >= 15 is 0 Å². The highest BCUT2D eigenvalue weighted by Crippen LogP contribution is 2.40. The number of benzene rings is 2. The van der Waals surface area contributed by atoms with Gasteiger partial charge in [-0.3, -0.25) is 4.79 Å². The van der Waals surface area contributed by atoms with Crippen LogP contribution in [0.1, 0.15) is 61.7 Å². The van der Waals surface area contributed by atoms with Gasteiger partial charge in [-0.15, -0.1) is 0 Å². The minimum absolute atomic E-state index is 0.0605. The second kappa shape index (κ2) is 8.93. The second-order valence-corrected chi connectivity index (χ2v) is 7.79. The minimum Gasteiger partial charge on any atom is -0.395 e. The lowest BCUT2D eigenvalue weighted by Crippen LogP contribution is -2.41. The first-order valence-corrected chi connectivity index (χ1v) is 10.4. The Morgan fingerprint density at radius 2 is 2.00 bits per heavy atom. The van der Waals surface area contributed by atoms with Crippen LogP contribution in [0.15, 0.2) is 30.3 Å². The Morgan fingerprint density at radius 3 is 2.68 bits per heavy atom. The van der Waals surface area contributed by atoms with Crippen LogP contribution in [0.2, 0.25) is 0 Å².